The van der Waals surface area contributed by atoms with Crippen LogP contribution in [0, 0.1) is 13.8 Å². The maximum Gasteiger partial charge on any atom is 0.114 e. The van der Waals surface area contributed by atoms with Crippen LogP contribution in [0.15, 0.2) is 30.6 Å². The summed E-state index contributed by atoms with van der Waals surface area (Å²) in [4.78, 5) is 4.35. The number of benzene rings is 1. The maximum absolute atomic E-state index is 5.59. The third-order valence-corrected chi connectivity index (χ3v) is 2.77. The highest BCUT2D eigenvalue weighted by Gasteiger charge is 2.08. The number of nitrogens with two attached hydrogens (primary N) is 1. The molecular weight excluding hydrogens is 198 g/mol. The lowest BCUT2D eigenvalue weighted by Crippen LogP contribution is -2.10. The molecule has 0 aliphatic rings. The summed E-state index contributed by atoms with van der Waals surface area (Å²) < 4.78 is 2.14. The van der Waals surface area contributed by atoms with E-state index >= 15 is 0 Å². The number of para-hydroxylation sites is 1. The molecule has 0 spiro atoms. The van der Waals surface area contributed by atoms with Gasteiger partial charge in [0.2, 0.25) is 0 Å². The minimum Gasteiger partial charge on any atom is -0.330 e. The number of aromatic nitrogens is 2. The predicted molar refractivity (Wildman–Crippen MR) is 65.8 cm³/mol. The van der Waals surface area contributed by atoms with E-state index in [1.165, 1.54) is 16.8 Å². The molecule has 1 aromatic carbocycles. The fourth-order valence-corrected chi connectivity index (χ4v) is 2.04. The van der Waals surface area contributed by atoms with Gasteiger partial charge >= 0.3 is 0 Å². The van der Waals surface area contributed by atoms with Crippen LogP contribution in [0.25, 0.3) is 5.69 Å². The van der Waals surface area contributed by atoms with Crippen LogP contribution in [0.2, 0.25) is 0 Å². The van der Waals surface area contributed by atoms with Gasteiger partial charge in [0.1, 0.15) is 5.82 Å². The molecule has 2 rings (SSSR count). The van der Waals surface area contributed by atoms with Crippen LogP contribution in [0.1, 0.15) is 17.0 Å². The van der Waals surface area contributed by atoms with E-state index in [1.807, 2.05) is 12.4 Å². The lowest BCUT2D eigenvalue weighted by molar-refractivity contribution is 0.831. The van der Waals surface area contributed by atoms with E-state index < -0.39 is 0 Å². The van der Waals surface area contributed by atoms with Gasteiger partial charge in [-0.25, -0.2) is 4.98 Å². The highest BCUT2D eigenvalue weighted by molar-refractivity contribution is 5.47. The van der Waals surface area contributed by atoms with Crippen LogP contribution in [-0.2, 0) is 6.42 Å². The molecule has 0 fully saturated rings. The van der Waals surface area contributed by atoms with E-state index in [9.17, 15) is 0 Å². The predicted octanol–water partition coefficient (Wildman–Crippen LogP) is 1.99. The molecule has 16 heavy (non-hydrogen) atoms. The van der Waals surface area contributed by atoms with Crippen LogP contribution in [0.3, 0.4) is 0 Å². The first-order chi connectivity index (χ1) is 7.74. The zero-order valence-corrected chi connectivity index (χ0v) is 9.77. The van der Waals surface area contributed by atoms with Crippen molar-refractivity contribution >= 4 is 0 Å². The van der Waals surface area contributed by atoms with Gasteiger partial charge in [0.05, 0.1) is 5.69 Å². The smallest absolute Gasteiger partial charge is 0.114 e. The van der Waals surface area contributed by atoms with Gasteiger partial charge < -0.3 is 10.3 Å². The van der Waals surface area contributed by atoms with Crippen LogP contribution < -0.4 is 5.73 Å². The Hall–Kier alpha value is -1.61. The summed E-state index contributed by atoms with van der Waals surface area (Å²) in [5.41, 5.74) is 9.34. The average molecular weight is 215 g/mol. The van der Waals surface area contributed by atoms with Crippen molar-refractivity contribution < 1.29 is 0 Å². The lowest BCUT2D eigenvalue weighted by Gasteiger charge is -2.13. The Balaban J connectivity index is 2.54. The monoisotopic (exact) mass is 215 g/mol. The number of hydrogen-bond acceptors (Lipinski definition) is 2. The van der Waals surface area contributed by atoms with Gasteiger partial charge in [-0.3, -0.25) is 0 Å². The van der Waals surface area contributed by atoms with Gasteiger partial charge in [-0.05, 0) is 31.5 Å². The molecule has 0 amide bonds. The van der Waals surface area contributed by atoms with E-state index in [2.05, 4.69) is 41.6 Å². The fourth-order valence-electron chi connectivity index (χ4n) is 2.04. The standard InChI is InChI=1S/C13H17N3/c1-10-4-3-5-11(2)13(10)16-9-8-15-12(16)6-7-14/h3-5,8-9H,6-7,14H2,1-2H3. The molecule has 0 radical (unpaired) electrons. The van der Waals surface area contributed by atoms with E-state index in [0.717, 1.165) is 12.2 Å². The summed E-state index contributed by atoms with van der Waals surface area (Å²) in [6.07, 6.45) is 4.64. The van der Waals surface area contributed by atoms with Crippen LogP contribution in [0.5, 0.6) is 0 Å². The number of imidazole rings is 1. The van der Waals surface area contributed by atoms with Crippen LogP contribution >= 0.6 is 0 Å². The molecule has 1 heterocycles. The molecule has 0 bridgehead atoms. The molecule has 0 aliphatic carbocycles. The summed E-state index contributed by atoms with van der Waals surface area (Å²) in [7, 11) is 0. The zero-order chi connectivity index (χ0) is 11.5. The minimum absolute atomic E-state index is 0.627. The van der Waals surface area contributed by atoms with Gasteiger partial charge in [0.15, 0.2) is 0 Å². The molecule has 2 aromatic rings. The SMILES string of the molecule is Cc1cccc(C)c1-n1ccnc1CCN. The van der Waals surface area contributed by atoms with Crippen molar-refractivity contribution in [3.8, 4) is 5.69 Å². The third-order valence-electron chi connectivity index (χ3n) is 2.77. The second kappa shape index (κ2) is 4.49. The molecule has 0 saturated heterocycles. The van der Waals surface area contributed by atoms with Gasteiger partial charge in [0.25, 0.3) is 0 Å². The normalized spacial score (nSPS) is 10.7. The molecule has 3 heteroatoms. The molecule has 1 aromatic heterocycles. The molecule has 84 valence electrons. The molecule has 0 unspecified atom stereocenters. The van der Waals surface area contributed by atoms with Crippen molar-refractivity contribution in [1.82, 2.24) is 9.55 Å². The van der Waals surface area contributed by atoms with Crippen LogP contribution in [-0.4, -0.2) is 16.1 Å². The highest BCUT2D eigenvalue weighted by atomic mass is 15.1. The summed E-state index contributed by atoms with van der Waals surface area (Å²) >= 11 is 0. The minimum atomic E-state index is 0.627. The Kier molecular flexibility index (Phi) is 3.06. The second-order valence-corrected chi connectivity index (χ2v) is 3.99. The summed E-state index contributed by atoms with van der Waals surface area (Å²) in [6.45, 7) is 4.87. The van der Waals surface area contributed by atoms with Gasteiger partial charge in [0, 0.05) is 18.8 Å². The molecule has 2 N–H and O–H groups in total. The summed E-state index contributed by atoms with van der Waals surface area (Å²) in [5.74, 6) is 1.03. The largest absolute Gasteiger partial charge is 0.330 e. The third kappa shape index (κ3) is 1.86. The summed E-state index contributed by atoms with van der Waals surface area (Å²) in [5, 5.41) is 0. The first-order valence-corrected chi connectivity index (χ1v) is 5.53. The molecule has 0 saturated carbocycles. The second-order valence-electron chi connectivity index (χ2n) is 3.99. The fraction of sp³-hybridized carbons (Fsp3) is 0.308. The molecule has 0 atom stereocenters. The van der Waals surface area contributed by atoms with Crippen molar-refractivity contribution in [3.05, 3.63) is 47.5 Å². The van der Waals surface area contributed by atoms with Crippen molar-refractivity contribution in [1.29, 1.82) is 0 Å². The maximum atomic E-state index is 5.59. The topological polar surface area (TPSA) is 43.8 Å². The van der Waals surface area contributed by atoms with Gasteiger partial charge in [-0.2, -0.15) is 0 Å². The molecular formula is C13H17N3. The van der Waals surface area contributed by atoms with Crippen molar-refractivity contribution in [2.75, 3.05) is 6.54 Å². The van der Waals surface area contributed by atoms with E-state index in [-0.39, 0.29) is 0 Å². The zero-order valence-electron chi connectivity index (χ0n) is 9.77. The lowest BCUT2D eigenvalue weighted by atomic mass is 10.1. The Morgan fingerprint density at radius 3 is 2.56 bits per heavy atom. The van der Waals surface area contributed by atoms with Crippen molar-refractivity contribution in [2.24, 2.45) is 5.73 Å². The number of aryl methyl sites for hydroxylation is 2. The van der Waals surface area contributed by atoms with Crippen molar-refractivity contribution in [3.63, 3.8) is 0 Å². The first kappa shape index (κ1) is 10.9. The van der Waals surface area contributed by atoms with E-state index in [1.54, 1.807) is 0 Å². The van der Waals surface area contributed by atoms with Gasteiger partial charge in [-0.15, -0.1) is 0 Å². The number of hydrogen-bond donors (Lipinski definition) is 1. The van der Waals surface area contributed by atoms with E-state index in [4.69, 9.17) is 5.73 Å². The van der Waals surface area contributed by atoms with Crippen LogP contribution in [0.4, 0.5) is 0 Å². The average Bonchev–Trinajstić information content (AvgIpc) is 2.67. The summed E-state index contributed by atoms with van der Waals surface area (Å²) in [6, 6.07) is 6.32. The first-order valence-electron chi connectivity index (χ1n) is 5.53. The Labute approximate surface area is 95.9 Å². The van der Waals surface area contributed by atoms with E-state index in [0.29, 0.717) is 6.54 Å². The molecule has 3 nitrogen and oxygen atoms in total. The number of rotatable bonds is 3. The molecule has 0 aliphatic heterocycles. The number of nitrogens with zero attached hydrogens (tertiary/aromatic N) is 2. The highest BCUT2D eigenvalue weighted by Crippen LogP contribution is 2.20. The Bertz CT molecular complexity index is 465. The van der Waals surface area contributed by atoms with Crippen molar-refractivity contribution in [2.45, 2.75) is 20.3 Å². The Morgan fingerprint density at radius 1 is 1.25 bits per heavy atom. The Morgan fingerprint density at radius 2 is 1.94 bits per heavy atom. The quantitative estimate of drug-likeness (QED) is 0.851. The van der Waals surface area contributed by atoms with Gasteiger partial charge in [-0.1, -0.05) is 18.2 Å².